The fourth-order valence-corrected chi connectivity index (χ4v) is 7.60. The molecule has 2 aliphatic carbocycles. The van der Waals surface area contributed by atoms with E-state index in [1.54, 1.807) is 51.1 Å². The number of halogens is 3. The summed E-state index contributed by atoms with van der Waals surface area (Å²) in [5.74, 6) is -6.62. The average Bonchev–Trinajstić information content (AvgIpc) is 3.77. The lowest BCUT2D eigenvalue weighted by atomic mass is 9.83. The Balaban J connectivity index is 1.46. The quantitative estimate of drug-likeness (QED) is 0.221. The van der Waals surface area contributed by atoms with E-state index in [1.807, 2.05) is 0 Å². The number of nitrogens with zero attached hydrogens (tertiary/aromatic N) is 2. The monoisotopic (exact) mass is 762 g/mol. The highest BCUT2D eigenvalue weighted by Gasteiger charge is 2.58. The number of ether oxygens (including phenoxy) is 1. The zero-order valence-electron chi connectivity index (χ0n) is 31.7. The van der Waals surface area contributed by atoms with Gasteiger partial charge >= 0.3 is 12.3 Å². The standard InChI is InChI=1S/C39H53F3N4O8/c1-38(2,3)54-37(53)44-32(24-14-10-7-11-15-24)36(52)46-22-26-20-27(26)33(46)29(48)21-25(18-19-39(40,41)42)34(50)28(47)16-17-30(49)43-31(35(51)45(4)5)23-12-8-6-9-13-23/h6,8-9,12-13,24-27,31-33H,7,10-11,14-22H2,1-5H3,(H,43,49)(H,44,53)/t25?,26-,27-,31-,32-,33-/m0/s1. The third-order valence-corrected chi connectivity index (χ3v) is 10.4. The number of fused-ring (bicyclic) bond motifs is 1. The molecule has 4 rings (SSSR count). The number of alkyl carbamates (subject to hydrolysis) is 1. The number of Topliss-reactive ketones (excluding diaryl/α,β-unsaturated/α-hetero) is 3. The Labute approximate surface area is 314 Å². The minimum atomic E-state index is -4.67. The van der Waals surface area contributed by atoms with Crippen molar-refractivity contribution in [2.24, 2.45) is 23.7 Å². The topological polar surface area (TPSA) is 159 Å². The summed E-state index contributed by atoms with van der Waals surface area (Å²) in [6.07, 6.45) is -4.84. The first-order valence-corrected chi connectivity index (χ1v) is 18.8. The molecule has 1 aliphatic heterocycles. The summed E-state index contributed by atoms with van der Waals surface area (Å²) in [5, 5.41) is 5.30. The highest BCUT2D eigenvalue weighted by Crippen LogP contribution is 2.51. The van der Waals surface area contributed by atoms with Gasteiger partial charge in [0.1, 0.15) is 17.7 Å². The van der Waals surface area contributed by atoms with Crippen molar-refractivity contribution in [1.29, 1.82) is 0 Å². The summed E-state index contributed by atoms with van der Waals surface area (Å²) in [7, 11) is 3.02. The molecule has 1 heterocycles. The lowest BCUT2D eigenvalue weighted by molar-refractivity contribution is -0.148. The Kier molecular flexibility index (Phi) is 14.1. The van der Waals surface area contributed by atoms with Gasteiger partial charge in [0.2, 0.25) is 23.5 Å². The number of rotatable bonds is 16. The second kappa shape index (κ2) is 17.9. The van der Waals surface area contributed by atoms with Gasteiger partial charge in [-0.25, -0.2) is 4.79 Å². The number of alkyl halides is 3. The van der Waals surface area contributed by atoms with Gasteiger partial charge < -0.3 is 25.2 Å². The number of ketones is 3. The maximum absolute atomic E-state index is 14.2. The van der Waals surface area contributed by atoms with Crippen LogP contribution in [-0.4, -0.2) is 95.5 Å². The first kappa shape index (κ1) is 42.4. The molecule has 6 atom stereocenters. The Hall–Kier alpha value is -4.30. The van der Waals surface area contributed by atoms with Crippen molar-refractivity contribution in [3.63, 3.8) is 0 Å². The van der Waals surface area contributed by atoms with Gasteiger partial charge in [0, 0.05) is 52.2 Å². The Morgan fingerprint density at radius 1 is 0.926 bits per heavy atom. The number of piperidine rings is 1. The third-order valence-electron chi connectivity index (χ3n) is 10.4. The molecule has 54 heavy (non-hydrogen) atoms. The van der Waals surface area contributed by atoms with Crippen molar-refractivity contribution < 1.29 is 51.5 Å². The van der Waals surface area contributed by atoms with Crippen LogP contribution in [0.2, 0.25) is 0 Å². The van der Waals surface area contributed by atoms with E-state index in [2.05, 4.69) is 10.6 Å². The van der Waals surface area contributed by atoms with E-state index in [-0.39, 0.29) is 24.3 Å². The van der Waals surface area contributed by atoms with Crippen molar-refractivity contribution >= 4 is 41.2 Å². The Morgan fingerprint density at radius 3 is 2.17 bits per heavy atom. The number of hydrogen-bond donors (Lipinski definition) is 2. The molecule has 12 nitrogen and oxygen atoms in total. The summed E-state index contributed by atoms with van der Waals surface area (Å²) in [6, 6.07) is 5.31. The van der Waals surface area contributed by atoms with Crippen molar-refractivity contribution in [1.82, 2.24) is 20.4 Å². The summed E-state index contributed by atoms with van der Waals surface area (Å²) >= 11 is 0. The van der Waals surface area contributed by atoms with Crippen LogP contribution in [0.4, 0.5) is 18.0 Å². The first-order valence-electron chi connectivity index (χ1n) is 18.8. The number of nitrogens with one attached hydrogen (secondary N) is 2. The normalized spacial score (nSPS) is 21.6. The van der Waals surface area contributed by atoms with Crippen LogP contribution in [0.25, 0.3) is 0 Å². The van der Waals surface area contributed by atoms with Crippen molar-refractivity contribution in [2.45, 2.75) is 121 Å². The average molecular weight is 763 g/mol. The van der Waals surface area contributed by atoms with Crippen molar-refractivity contribution in [2.75, 3.05) is 20.6 Å². The predicted molar refractivity (Wildman–Crippen MR) is 191 cm³/mol. The Morgan fingerprint density at radius 2 is 1.57 bits per heavy atom. The molecule has 1 aromatic rings. The molecule has 1 aromatic carbocycles. The van der Waals surface area contributed by atoms with Gasteiger partial charge in [0.05, 0.1) is 6.04 Å². The highest BCUT2D eigenvalue weighted by atomic mass is 19.4. The second-order valence-corrected chi connectivity index (χ2v) is 16.1. The summed E-state index contributed by atoms with van der Waals surface area (Å²) in [6.45, 7) is 5.31. The van der Waals surface area contributed by atoms with Crippen LogP contribution < -0.4 is 10.6 Å². The smallest absolute Gasteiger partial charge is 0.408 e. The van der Waals surface area contributed by atoms with E-state index in [0.717, 1.165) is 19.3 Å². The number of likely N-dealkylation sites (tertiary alicyclic amines) is 1. The molecule has 2 N–H and O–H groups in total. The van der Waals surface area contributed by atoms with Crippen LogP contribution in [0.1, 0.15) is 103 Å². The molecule has 0 aromatic heterocycles. The number of benzene rings is 1. The van der Waals surface area contributed by atoms with Gasteiger partial charge in [-0.05, 0) is 69.8 Å². The summed E-state index contributed by atoms with van der Waals surface area (Å²) in [4.78, 5) is 95.9. The molecule has 298 valence electrons. The molecular formula is C39H53F3N4O8. The van der Waals surface area contributed by atoms with Gasteiger partial charge in [-0.15, -0.1) is 0 Å². The number of carbonyl (C=O) groups is 7. The molecule has 2 saturated carbocycles. The molecule has 3 fully saturated rings. The largest absolute Gasteiger partial charge is 0.444 e. The molecule has 1 unspecified atom stereocenters. The molecule has 4 amide bonds. The molecule has 1 saturated heterocycles. The van der Waals surface area contributed by atoms with Crippen molar-refractivity contribution in [3.05, 3.63) is 35.9 Å². The molecule has 3 aliphatic rings. The Bertz CT molecular complexity index is 1550. The lowest BCUT2D eigenvalue weighted by Crippen LogP contribution is -2.56. The summed E-state index contributed by atoms with van der Waals surface area (Å²) < 4.78 is 45.6. The van der Waals surface area contributed by atoms with Gasteiger partial charge in [0.15, 0.2) is 11.6 Å². The fraction of sp³-hybridized carbons (Fsp3) is 0.667. The number of amides is 4. The van der Waals surface area contributed by atoms with Gasteiger partial charge in [-0.1, -0.05) is 49.6 Å². The maximum Gasteiger partial charge on any atom is 0.408 e. The van der Waals surface area contributed by atoms with E-state index in [9.17, 15) is 46.7 Å². The first-order chi connectivity index (χ1) is 25.3. The highest BCUT2D eigenvalue weighted by molar-refractivity contribution is 6.38. The zero-order valence-corrected chi connectivity index (χ0v) is 31.7. The van der Waals surface area contributed by atoms with Crippen LogP contribution in [0, 0.1) is 23.7 Å². The number of hydrogen-bond acceptors (Lipinski definition) is 8. The van der Waals surface area contributed by atoms with E-state index in [0.29, 0.717) is 24.8 Å². The SMILES string of the molecule is CN(C)C(=O)[C@@H](NC(=O)CCC(=O)C(=O)C(CCC(F)(F)F)CC(=O)[C@@H]1[C@H]2C[C@H]2CN1C(=O)[C@@H](NC(=O)OC(C)(C)C)C1CCCCC1)c1ccccc1. The maximum atomic E-state index is 14.2. The molecular weight excluding hydrogens is 709 g/mol. The van der Waals surface area contributed by atoms with Gasteiger partial charge in [-0.3, -0.25) is 28.8 Å². The van der Waals surface area contributed by atoms with Crippen molar-refractivity contribution in [3.8, 4) is 0 Å². The van der Waals surface area contributed by atoms with Gasteiger partial charge in [0.25, 0.3) is 0 Å². The minimum Gasteiger partial charge on any atom is -0.444 e. The summed E-state index contributed by atoms with van der Waals surface area (Å²) in [5.41, 5.74) is -0.340. The van der Waals surface area contributed by atoms with Crippen LogP contribution in [-0.2, 0) is 33.5 Å². The van der Waals surface area contributed by atoms with E-state index >= 15 is 0 Å². The molecule has 15 heteroatoms. The van der Waals surface area contributed by atoms with Crippen LogP contribution >= 0.6 is 0 Å². The van der Waals surface area contributed by atoms with Crippen LogP contribution in [0.5, 0.6) is 0 Å². The number of carbonyl (C=O) groups excluding carboxylic acids is 7. The zero-order chi connectivity index (χ0) is 40.0. The van der Waals surface area contributed by atoms with E-state index in [1.165, 1.54) is 23.9 Å². The van der Waals surface area contributed by atoms with E-state index < -0.39 is 109 Å². The van der Waals surface area contributed by atoms with Gasteiger partial charge in [-0.2, -0.15) is 13.2 Å². The predicted octanol–water partition coefficient (Wildman–Crippen LogP) is 5.09. The molecule has 0 spiro atoms. The second-order valence-electron chi connectivity index (χ2n) is 16.1. The minimum absolute atomic E-state index is 0.00000656. The van der Waals surface area contributed by atoms with E-state index in [4.69, 9.17) is 4.74 Å². The van der Waals surface area contributed by atoms with Crippen LogP contribution in [0.3, 0.4) is 0 Å². The van der Waals surface area contributed by atoms with Crippen LogP contribution in [0.15, 0.2) is 30.3 Å². The molecule has 0 radical (unpaired) electrons. The number of likely N-dealkylation sites (N-methyl/N-ethyl adjacent to an activating group) is 1. The fourth-order valence-electron chi connectivity index (χ4n) is 7.60. The molecule has 0 bridgehead atoms. The lowest BCUT2D eigenvalue weighted by Gasteiger charge is -2.36. The third kappa shape index (κ3) is 11.8.